The van der Waals surface area contributed by atoms with Crippen molar-refractivity contribution in [2.24, 2.45) is 0 Å². The Balaban J connectivity index is 2.46. The average Bonchev–Trinajstić information content (AvgIpc) is 2.82. The zero-order valence-electron chi connectivity index (χ0n) is 7.86. The van der Waals surface area contributed by atoms with E-state index in [2.05, 4.69) is 15.9 Å². The minimum atomic E-state index is -4.32. The molecule has 1 nitrogen and oxygen atoms in total. The summed E-state index contributed by atoms with van der Waals surface area (Å²) in [4.78, 5) is 0. The number of hydrogen-bond acceptors (Lipinski definition) is 1. The molecule has 0 aliphatic carbocycles. The Labute approximate surface area is 93.4 Å². The molecule has 1 unspecified atom stereocenters. The van der Waals surface area contributed by atoms with Crippen molar-refractivity contribution in [3.8, 4) is 0 Å². The van der Waals surface area contributed by atoms with E-state index in [1.165, 1.54) is 0 Å². The molecule has 1 aliphatic heterocycles. The Morgan fingerprint density at radius 3 is 2.40 bits per heavy atom. The first kappa shape index (κ1) is 11.0. The van der Waals surface area contributed by atoms with Crippen molar-refractivity contribution >= 4 is 15.9 Å². The van der Waals surface area contributed by atoms with Crippen LogP contribution in [-0.4, -0.2) is 6.61 Å². The van der Waals surface area contributed by atoms with Crippen molar-refractivity contribution < 1.29 is 17.9 Å². The lowest BCUT2D eigenvalue weighted by molar-refractivity contribution is -0.137. The highest BCUT2D eigenvalue weighted by Crippen LogP contribution is 2.41. The van der Waals surface area contributed by atoms with Gasteiger partial charge in [-0.15, -0.1) is 0 Å². The first-order valence-electron chi connectivity index (χ1n) is 4.33. The average molecular weight is 281 g/mol. The fourth-order valence-corrected chi connectivity index (χ4v) is 1.83. The molecule has 1 aromatic carbocycles. The van der Waals surface area contributed by atoms with Crippen LogP contribution in [0.2, 0.25) is 0 Å². The summed E-state index contributed by atoms with van der Waals surface area (Å²) in [6, 6.07) is 3.86. The lowest BCUT2D eigenvalue weighted by Gasteiger charge is -2.12. The topological polar surface area (TPSA) is 12.5 Å². The largest absolute Gasteiger partial charge is 0.416 e. The number of halogens is 4. The highest BCUT2D eigenvalue weighted by molar-refractivity contribution is 9.10. The Kier molecular flexibility index (Phi) is 2.35. The van der Waals surface area contributed by atoms with Gasteiger partial charge in [-0.25, -0.2) is 0 Å². The van der Waals surface area contributed by atoms with Crippen LogP contribution in [0.4, 0.5) is 13.2 Å². The van der Waals surface area contributed by atoms with Gasteiger partial charge < -0.3 is 4.74 Å². The highest BCUT2D eigenvalue weighted by Gasteiger charge is 2.43. The van der Waals surface area contributed by atoms with E-state index in [1.54, 1.807) is 13.0 Å². The van der Waals surface area contributed by atoms with Crippen LogP contribution in [-0.2, 0) is 16.5 Å². The summed E-state index contributed by atoms with van der Waals surface area (Å²) in [7, 11) is 0. The van der Waals surface area contributed by atoms with Crippen molar-refractivity contribution in [1.82, 2.24) is 0 Å². The van der Waals surface area contributed by atoms with Gasteiger partial charge in [-0.3, -0.25) is 0 Å². The van der Waals surface area contributed by atoms with E-state index in [0.29, 0.717) is 16.6 Å². The maximum Gasteiger partial charge on any atom is 0.416 e. The second-order valence-corrected chi connectivity index (χ2v) is 4.66. The predicted octanol–water partition coefficient (Wildman–Crippen LogP) is 3.71. The Hall–Kier alpha value is -0.550. The van der Waals surface area contributed by atoms with E-state index in [9.17, 15) is 13.2 Å². The lowest BCUT2D eigenvalue weighted by atomic mass is 10.00. The first-order valence-corrected chi connectivity index (χ1v) is 5.13. The maximum absolute atomic E-state index is 12.5. The smallest absolute Gasteiger partial charge is 0.365 e. The minimum Gasteiger partial charge on any atom is -0.365 e. The number of hydrogen-bond donors (Lipinski definition) is 0. The molecule has 0 amide bonds. The van der Waals surface area contributed by atoms with Crippen LogP contribution in [0.15, 0.2) is 22.7 Å². The normalized spacial score (nSPS) is 25.4. The van der Waals surface area contributed by atoms with Gasteiger partial charge >= 0.3 is 6.18 Å². The Bertz CT molecular complexity index is 373. The summed E-state index contributed by atoms with van der Waals surface area (Å²) in [5, 5.41) is 0. The van der Waals surface area contributed by atoms with Crippen molar-refractivity contribution in [3.63, 3.8) is 0 Å². The number of rotatable bonds is 1. The molecule has 1 saturated heterocycles. The molecule has 0 N–H and O–H groups in total. The quantitative estimate of drug-likeness (QED) is 0.715. The van der Waals surface area contributed by atoms with Gasteiger partial charge in [0, 0.05) is 4.47 Å². The summed E-state index contributed by atoms with van der Waals surface area (Å²) in [5.41, 5.74) is -0.628. The molecule has 1 heterocycles. The SMILES string of the molecule is CC1(c2cc(Br)cc(C(F)(F)F)c2)CO1. The van der Waals surface area contributed by atoms with Gasteiger partial charge in [0.25, 0.3) is 0 Å². The van der Waals surface area contributed by atoms with E-state index >= 15 is 0 Å². The molecule has 1 aromatic rings. The van der Waals surface area contributed by atoms with Crippen molar-refractivity contribution in [1.29, 1.82) is 0 Å². The minimum absolute atomic E-state index is 0.420. The third kappa shape index (κ3) is 2.18. The second-order valence-electron chi connectivity index (χ2n) is 3.75. The molecule has 2 rings (SSSR count). The molecule has 5 heteroatoms. The van der Waals surface area contributed by atoms with Gasteiger partial charge in [0.2, 0.25) is 0 Å². The fraction of sp³-hybridized carbons (Fsp3) is 0.400. The Morgan fingerprint density at radius 1 is 1.33 bits per heavy atom. The summed E-state index contributed by atoms with van der Waals surface area (Å²) < 4.78 is 43.0. The molecule has 0 saturated carbocycles. The molecule has 0 bridgehead atoms. The third-order valence-electron chi connectivity index (χ3n) is 2.41. The zero-order valence-corrected chi connectivity index (χ0v) is 9.45. The second kappa shape index (κ2) is 3.22. The van der Waals surface area contributed by atoms with Crippen molar-refractivity contribution in [2.45, 2.75) is 18.7 Å². The van der Waals surface area contributed by atoms with Gasteiger partial charge in [-0.1, -0.05) is 15.9 Å². The maximum atomic E-state index is 12.5. The summed E-state index contributed by atoms with van der Waals surface area (Å²) in [5.74, 6) is 0. The third-order valence-corrected chi connectivity index (χ3v) is 2.87. The molecular weight excluding hydrogens is 273 g/mol. The molecule has 1 fully saturated rings. The van der Waals surface area contributed by atoms with Crippen LogP contribution in [0.5, 0.6) is 0 Å². The number of epoxide rings is 1. The lowest BCUT2D eigenvalue weighted by Crippen LogP contribution is -2.09. The van der Waals surface area contributed by atoms with Crippen molar-refractivity contribution in [3.05, 3.63) is 33.8 Å². The van der Waals surface area contributed by atoms with Crippen LogP contribution in [0, 0.1) is 0 Å². The molecule has 1 atom stereocenters. The van der Waals surface area contributed by atoms with Crippen LogP contribution in [0.1, 0.15) is 18.1 Å². The predicted molar refractivity (Wildman–Crippen MR) is 52.4 cm³/mol. The first-order chi connectivity index (χ1) is 6.81. The van der Waals surface area contributed by atoms with Gasteiger partial charge in [0.05, 0.1) is 12.2 Å². The number of alkyl halides is 3. The standard InChI is InChI=1S/C10H8BrF3O/c1-9(5-15-9)6-2-7(10(12,13)14)4-8(11)3-6/h2-4H,5H2,1H3. The molecular formula is C10H8BrF3O. The van der Waals surface area contributed by atoms with Gasteiger partial charge in [0.15, 0.2) is 0 Å². The molecule has 82 valence electrons. The van der Waals surface area contributed by atoms with Gasteiger partial charge in [0.1, 0.15) is 5.60 Å². The van der Waals surface area contributed by atoms with Crippen LogP contribution < -0.4 is 0 Å². The number of ether oxygens (including phenoxy) is 1. The molecule has 15 heavy (non-hydrogen) atoms. The summed E-state index contributed by atoms with van der Waals surface area (Å²) in [6.07, 6.45) is -4.32. The van der Waals surface area contributed by atoms with E-state index < -0.39 is 17.3 Å². The Morgan fingerprint density at radius 2 is 1.93 bits per heavy atom. The summed E-state index contributed by atoms with van der Waals surface area (Å²) >= 11 is 3.07. The number of benzene rings is 1. The molecule has 0 spiro atoms. The fourth-order valence-electron chi connectivity index (χ4n) is 1.33. The zero-order chi connectivity index (χ0) is 11.3. The van der Waals surface area contributed by atoms with Crippen molar-refractivity contribution in [2.75, 3.05) is 6.61 Å². The van der Waals surface area contributed by atoms with Crippen LogP contribution in [0.3, 0.4) is 0 Å². The molecule has 0 aromatic heterocycles. The van der Waals surface area contributed by atoms with Gasteiger partial charge in [-0.2, -0.15) is 13.2 Å². The molecule has 0 radical (unpaired) electrons. The van der Waals surface area contributed by atoms with E-state index in [-0.39, 0.29) is 0 Å². The molecule has 1 aliphatic rings. The highest BCUT2D eigenvalue weighted by atomic mass is 79.9. The van der Waals surface area contributed by atoms with Crippen LogP contribution in [0.25, 0.3) is 0 Å². The van der Waals surface area contributed by atoms with Gasteiger partial charge in [-0.05, 0) is 30.7 Å². The summed E-state index contributed by atoms with van der Waals surface area (Å²) in [6.45, 7) is 2.25. The monoisotopic (exact) mass is 280 g/mol. The van der Waals surface area contributed by atoms with E-state index in [4.69, 9.17) is 4.74 Å². The van der Waals surface area contributed by atoms with Crippen LogP contribution >= 0.6 is 15.9 Å². The van der Waals surface area contributed by atoms with E-state index in [0.717, 1.165) is 12.1 Å². The van der Waals surface area contributed by atoms with E-state index in [1.807, 2.05) is 0 Å².